The second kappa shape index (κ2) is 12.8. The standard InChI is InChI=1S/C51H57N3O2/c1-29-17-32(4)45(33(5)18-29)34-21-35(48-53-51(11,28-55-48)36-15-13-12-14-16-36)23-38(22-34)56-44-26-43-39(20-31(44)3)40-24-37(49(6,7)8)25-41-46(40)54(43)47-42(50(41,9)10)19-30(2)27-52-47/h17-27,36H,12-16,28H2,1-11H3/t51-/m0/s1. The molecule has 9 rings (SSSR count). The van der Waals surface area contributed by atoms with Crippen LogP contribution in [0, 0.1) is 40.5 Å². The number of pyridine rings is 1. The molecule has 0 N–H and O–H groups in total. The predicted octanol–water partition coefficient (Wildman–Crippen LogP) is 13.2. The highest BCUT2D eigenvalue weighted by Crippen LogP contribution is 2.50. The van der Waals surface area contributed by atoms with Crippen LogP contribution in [0.5, 0.6) is 11.5 Å². The Morgan fingerprint density at radius 3 is 2.16 bits per heavy atom. The summed E-state index contributed by atoms with van der Waals surface area (Å²) in [7, 11) is 0. The third-order valence-electron chi connectivity index (χ3n) is 13.3. The van der Waals surface area contributed by atoms with Gasteiger partial charge in [0.15, 0.2) is 0 Å². The molecule has 0 unspecified atom stereocenters. The van der Waals surface area contributed by atoms with Crippen molar-refractivity contribution < 1.29 is 9.47 Å². The monoisotopic (exact) mass is 743 g/mol. The summed E-state index contributed by atoms with van der Waals surface area (Å²) in [6.07, 6.45) is 8.34. The third-order valence-corrected chi connectivity index (χ3v) is 13.3. The number of rotatable bonds is 5. The maximum atomic E-state index is 7.08. The minimum atomic E-state index is -0.214. The molecule has 6 aromatic rings. The lowest BCUT2D eigenvalue weighted by Crippen LogP contribution is -2.35. The number of hydrogen-bond donors (Lipinski definition) is 0. The fourth-order valence-corrected chi connectivity index (χ4v) is 10.1. The first-order valence-electron chi connectivity index (χ1n) is 20.8. The Morgan fingerprint density at radius 2 is 1.45 bits per heavy atom. The largest absolute Gasteiger partial charge is 0.475 e. The number of aryl methyl sites for hydroxylation is 5. The summed E-state index contributed by atoms with van der Waals surface area (Å²) >= 11 is 0. The SMILES string of the molecule is Cc1cc(C)c(-c2cc(Oc3cc4c(cc3C)c3cc(C(C)(C)C)cc5c3n4-c3ncc(C)cc3C5(C)C)cc(C3=N[C@](C)(C4CCCCC4)CO3)c2)c(C)c1. The molecular formula is C51H57N3O2. The van der Waals surface area contributed by atoms with Gasteiger partial charge in [0.05, 0.1) is 16.6 Å². The summed E-state index contributed by atoms with van der Waals surface area (Å²) in [5.74, 6) is 3.88. The number of benzene rings is 4. The lowest BCUT2D eigenvalue weighted by atomic mass is 9.73. The van der Waals surface area contributed by atoms with Gasteiger partial charge < -0.3 is 9.47 Å². The van der Waals surface area contributed by atoms with E-state index in [-0.39, 0.29) is 16.4 Å². The molecular weight excluding hydrogens is 687 g/mol. The Morgan fingerprint density at radius 1 is 0.732 bits per heavy atom. The van der Waals surface area contributed by atoms with E-state index in [0.29, 0.717) is 12.5 Å². The molecule has 1 fully saturated rings. The van der Waals surface area contributed by atoms with Crippen LogP contribution in [-0.2, 0) is 15.6 Å². The van der Waals surface area contributed by atoms with Crippen LogP contribution in [0.1, 0.15) is 124 Å². The van der Waals surface area contributed by atoms with E-state index in [1.807, 2.05) is 6.20 Å². The molecule has 0 bridgehead atoms. The van der Waals surface area contributed by atoms with Crippen molar-refractivity contribution in [3.63, 3.8) is 0 Å². The number of nitrogens with zero attached hydrogens (tertiary/aromatic N) is 3. The first-order valence-corrected chi connectivity index (χ1v) is 20.8. The molecule has 0 amide bonds. The molecule has 288 valence electrons. The van der Waals surface area contributed by atoms with Crippen LogP contribution in [0.2, 0.25) is 0 Å². The van der Waals surface area contributed by atoms with Crippen LogP contribution in [0.3, 0.4) is 0 Å². The van der Waals surface area contributed by atoms with Crippen molar-refractivity contribution in [3.8, 4) is 28.4 Å². The highest BCUT2D eigenvalue weighted by molar-refractivity contribution is 6.12. The molecule has 2 aliphatic heterocycles. The number of ether oxygens (including phenoxy) is 2. The van der Waals surface area contributed by atoms with E-state index in [4.69, 9.17) is 19.5 Å². The van der Waals surface area contributed by atoms with Gasteiger partial charge in [0.1, 0.15) is 23.9 Å². The summed E-state index contributed by atoms with van der Waals surface area (Å²) in [5.41, 5.74) is 15.2. The van der Waals surface area contributed by atoms with Gasteiger partial charge in [-0.1, -0.05) is 77.6 Å². The third kappa shape index (κ3) is 5.87. The highest BCUT2D eigenvalue weighted by Gasteiger charge is 2.41. The first kappa shape index (κ1) is 36.7. The fourth-order valence-electron chi connectivity index (χ4n) is 10.1. The maximum absolute atomic E-state index is 7.08. The van der Waals surface area contributed by atoms with Crippen molar-refractivity contribution in [1.82, 2.24) is 9.55 Å². The Hall–Kier alpha value is -4.90. The zero-order valence-corrected chi connectivity index (χ0v) is 35.3. The molecule has 3 aliphatic rings. The predicted molar refractivity (Wildman–Crippen MR) is 233 cm³/mol. The number of fused-ring (bicyclic) bond motifs is 5. The highest BCUT2D eigenvalue weighted by atomic mass is 16.5. The molecule has 56 heavy (non-hydrogen) atoms. The van der Waals surface area contributed by atoms with Crippen LogP contribution in [-0.4, -0.2) is 27.6 Å². The van der Waals surface area contributed by atoms with Crippen LogP contribution in [0.4, 0.5) is 0 Å². The van der Waals surface area contributed by atoms with Crippen molar-refractivity contribution in [2.75, 3.05) is 6.61 Å². The summed E-state index contributed by atoms with van der Waals surface area (Å²) in [5, 5.41) is 2.49. The lowest BCUT2D eigenvalue weighted by Gasteiger charge is -2.35. The molecule has 4 heterocycles. The molecule has 0 saturated heterocycles. The minimum absolute atomic E-state index is 0.00350. The Labute approximate surface area is 333 Å². The molecule has 1 atom stereocenters. The zero-order valence-electron chi connectivity index (χ0n) is 35.3. The van der Waals surface area contributed by atoms with Gasteiger partial charge in [-0.15, -0.1) is 0 Å². The van der Waals surface area contributed by atoms with Crippen molar-refractivity contribution in [1.29, 1.82) is 0 Å². The van der Waals surface area contributed by atoms with Crippen molar-refractivity contribution in [2.45, 2.75) is 125 Å². The van der Waals surface area contributed by atoms with Crippen LogP contribution < -0.4 is 4.74 Å². The summed E-state index contributed by atoms with van der Waals surface area (Å²) < 4.78 is 16.0. The van der Waals surface area contributed by atoms with Crippen molar-refractivity contribution in [3.05, 3.63) is 117 Å². The fraction of sp³-hybridized carbons (Fsp3) is 0.412. The normalized spacial score (nSPS) is 19.3. The second-order valence-corrected chi connectivity index (χ2v) is 19.2. The van der Waals surface area contributed by atoms with Crippen LogP contribution in [0.25, 0.3) is 38.8 Å². The zero-order chi connectivity index (χ0) is 39.5. The van der Waals surface area contributed by atoms with E-state index in [9.17, 15) is 0 Å². The summed E-state index contributed by atoms with van der Waals surface area (Å²) in [6.45, 7) is 25.5. The summed E-state index contributed by atoms with van der Waals surface area (Å²) in [6, 6.07) is 22.9. The van der Waals surface area contributed by atoms with E-state index in [1.54, 1.807) is 0 Å². The molecule has 4 aromatic carbocycles. The van der Waals surface area contributed by atoms with Gasteiger partial charge >= 0.3 is 0 Å². The van der Waals surface area contributed by atoms with Gasteiger partial charge in [0, 0.05) is 39.6 Å². The molecule has 1 aliphatic carbocycles. The Kier molecular flexibility index (Phi) is 8.40. The molecule has 0 spiro atoms. The molecule has 5 heteroatoms. The number of aromatic nitrogens is 2. The Balaban J connectivity index is 1.23. The first-order chi connectivity index (χ1) is 26.5. The number of aliphatic imine (C=N–C) groups is 1. The maximum Gasteiger partial charge on any atom is 0.216 e. The molecule has 1 saturated carbocycles. The van der Waals surface area contributed by atoms with Crippen LogP contribution in [0.15, 0.2) is 71.9 Å². The molecule has 5 nitrogen and oxygen atoms in total. The van der Waals surface area contributed by atoms with Gasteiger partial charge in [-0.2, -0.15) is 0 Å². The quantitative estimate of drug-likeness (QED) is 0.177. The van der Waals surface area contributed by atoms with Gasteiger partial charge in [0.25, 0.3) is 0 Å². The van der Waals surface area contributed by atoms with Gasteiger partial charge in [-0.05, 0) is 147 Å². The average molecular weight is 744 g/mol. The lowest BCUT2D eigenvalue weighted by molar-refractivity contribution is 0.170. The Bertz CT molecular complexity index is 2600. The van der Waals surface area contributed by atoms with E-state index >= 15 is 0 Å². The molecule has 2 aromatic heterocycles. The van der Waals surface area contributed by atoms with Crippen molar-refractivity contribution in [2.24, 2.45) is 10.9 Å². The van der Waals surface area contributed by atoms with Gasteiger partial charge in [-0.3, -0.25) is 4.57 Å². The smallest absolute Gasteiger partial charge is 0.216 e. The van der Waals surface area contributed by atoms with Crippen molar-refractivity contribution >= 4 is 27.7 Å². The van der Waals surface area contributed by atoms with Gasteiger partial charge in [-0.25, -0.2) is 9.98 Å². The molecule has 0 radical (unpaired) electrons. The van der Waals surface area contributed by atoms with Gasteiger partial charge in [0.2, 0.25) is 5.90 Å². The topological polar surface area (TPSA) is 48.6 Å². The van der Waals surface area contributed by atoms with E-state index in [2.05, 4.69) is 141 Å². The number of hydrogen-bond acceptors (Lipinski definition) is 4. The van der Waals surface area contributed by atoms with E-state index in [1.165, 1.54) is 92.9 Å². The second-order valence-electron chi connectivity index (χ2n) is 19.2. The van der Waals surface area contributed by atoms with E-state index < -0.39 is 0 Å². The average Bonchev–Trinajstić information content (AvgIpc) is 3.69. The summed E-state index contributed by atoms with van der Waals surface area (Å²) in [4.78, 5) is 10.5. The van der Waals surface area contributed by atoms with Crippen LogP contribution >= 0.6 is 0 Å². The minimum Gasteiger partial charge on any atom is -0.475 e. The van der Waals surface area contributed by atoms with E-state index in [0.717, 1.165) is 45.4 Å².